The molecule has 0 aromatic heterocycles. The van der Waals surface area contributed by atoms with Gasteiger partial charge in [0, 0.05) is 0 Å². The van der Waals surface area contributed by atoms with Gasteiger partial charge in [-0.15, -0.1) is 0 Å². The average Bonchev–Trinajstić information content (AvgIpc) is 2.71. The molecule has 0 aliphatic carbocycles. The molecule has 2 aromatic carbocycles. The summed E-state index contributed by atoms with van der Waals surface area (Å²) in [6, 6.07) is 13.8. The van der Waals surface area contributed by atoms with E-state index in [0.717, 1.165) is 5.92 Å². The molecule has 164 valence electrons. The molecule has 2 atom stereocenters. The number of hydrogen-bond donors (Lipinski definition) is 0. The van der Waals surface area contributed by atoms with Crippen LogP contribution >= 0.6 is 0 Å². The molecule has 2 aromatic rings. The van der Waals surface area contributed by atoms with Crippen molar-refractivity contribution in [3.05, 3.63) is 76.4 Å². The quantitative estimate of drug-likeness (QED) is 0.309. The topological polar surface area (TPSA) is 0 Å². The van der Waals surface area contributed by atoms with E-state index in [2.05, 4.69) is 84.5 Å². The van der Waals surface area contributed by atoms with Gasteiger partial charge >= 0.3 is 0 Å². The van der Waals surface area contributed by atoms with Crippen molar-refractivity contribution >= 4 is 5.57 Å². The fourth-order valence-corrected chi connectivity index (χ4v) is 4.51. The minimum atomic E-state index is 0.630. The highest BCUT2D eigenvalue weighted by molar-refractivity contribution is 5.66. The van der Waals surface area contributed by atoms with Crippen LogP contribution in [0.1, 0.15) is 92.2 Å². The summed E-state index contributed by atoms with van der Waals surface area (Å²) in [6.45, 7) is 18.0. The van der Waals surface area contributed by atoms with Gasteiger partial charge in [-0.1, -0.05) is 88.9 Å². The maximum Gasteiger partial charge on any atom is -0.0162 e. The van der Waals surface area contributed by atoms with Crippen LogP contribution in [0.25, 0.3) is 5.57 Å². The Bertz CT molecular complexity index is 811. The van der Waals surface area contributed by atoms with Gasteiger partial charge in [0.25, 0.3) is 0 Å². The second-order valence-electron chi connectivity index (χ2n) is 9.68. The lowest BCUT2D eigenvalue weighted by molar-refractivity contribution is 0.461. The third kappa shape index (κ3) is 7.46. The first-order valence-corrected chi connectivity index (χ1v) is 12.1. The minimum Gasteiger partial charge on any atom is -0.0950 e. The van der Waals surface area contributed by atoms with E-state index < -0.39 is 0 Å². The summed E-state index contributed by atoms with van der Waals surface area (Å²) < 4.78 is 0. The van der Waals surface area contributed by atoms with Crippen molar-refractivity contribution in [2.45, 2.75) is 92.9 Å². The van der Waals surface area contributed by atoms with E-state index in [1.165, 1.54) is 90.3 Å². The summed E-state index contributed by atoms with van der Waals surface area (Å²) in [5.41, 5.74) is 9.76. The van der Waals surface area contributed by atoms with Gasteiger partial charge in [-0.05, 0) is 97.7 Å². The summed E-state index contributed by atoms with van der Waals surface area (Å²) in [4.78, 5) is 0. The second-order valence-corrected chi connectivity index (χ2v) is 9.68. The first-order valence-electron chi connectivity index (χ1n) is 12.1. The normalized spacial score (nSPS) is 13.3. The van der Waals surface area contributed by atoms with Crippen molar-refractivity contribution < 1.29 is 0 Å². The molecule has 0 bridgehead atoms. The average molecular weight is 405 g/mol. The van der Waals surface area contributed by atoms with Crippen LogP contribution in [0.2, 0.25) is 0 Å². The van der Waals surface area contributed by atoms with Crippen molar-refractivity contribution in [2.24, 2.45) is 11.8 Å². The first-order chi connectivity index (χ1) is 14.3. The predicted octanol–water partition coefficient (Wildman–Crippen LogP) is 9.18. The second kappa shape index (κ2) is 12.1. The minimum absolute atomic E-state index is 0.630. The van der Waals surface area contributed by atoms with Crippen LogP contribution in [0.15, 0.2) is 43.0 Å². The van der Waals surface area contributed by atoms with Crippen LogP contribution in [-0.4, -0.2) is 0 Å². The zero-order valence-corrected chi connectivity index (χ0v) is 20.5. The van der Waals surface area contributed by atoms with Gasteiger partial charge < -0.3 is 0 Å². The molecule has 0 nitrogen and oxygen atoms in total. The Balaban J connectivity index is 1.76. The van der Waals surface area contributed by atoms with E-state index in [1.807, 2.05) is 0 Å². The molecule has 0 heteroatoms. The Labute approximate surface area is 186 Å². The Kier molecular flexibility index (Phi) is 9.89. The summed E-state index contributed by atoms with van der Waals surface area (Å²) in [5, 5.41) is 0. The number of aryl methyl sites for hydroxylation is 4. The van der Waals surface area contributed by atoms with Gasteiger partial charge in [0.1, 0.15) is 0 Å². The first kappa shape index (κ1) is 24.4. The maximum atomic E-state index is 4.50. The highest BCUT2D eigenvalue weighted by Gasteiger charge is 2.14. The van der Waals surface area contributed by atoms with Crippen LogP contribution in [0, 0.1) is 39.5 Å². The molecule has 30 heavy (non-hydrogen) atoms. The summed E-state index contributed by atoms with van der Waals surface area (Å²) in [7, 11) is 0. The lowest BCUT2D eigenvalue weighted by Crippen LogP contribution is -2.04. The van der Waals surface area contributed by atoms with Gasteiger partial charge in [0.15, 0.2) is 0 Å². The molecular weight excluding hydrogens is 360 g/mol. The van der Waals surface area contributed by atoms with Gasteiger partial charge in [-0.3, -0.25) is 0 Å². The van der Waals surface area contributed by atoms with Crippen molar-refractivity contribution in [1.29, 1.82) is 0 Å². The van der Waals surface area contributed by atoms with Crippen molar-refractivity contribution in [2.75, 3.05) is 0 Å². The molecule has 0 saturated heterocycles. The molecular formula is C30H44. The Morgan fingerprint density at radius 2 is 1.40 bits per heavy atom. The van der Waals surface area contributed by atoms with E-state index in [4.69, 9.17) is 0 Å². The van der Waals surface area contributed by atoms with E-state index in [1.54, 1.807) is 0 Å². The third-order valence-electron chi connectivity index (χ3n) is 6.91. The summed E-state index contributed by atoms with van der Waals surface area (Å²) in [5.74, 6) is 1.40. The molecule has 0 amide bonds. The Morgan fingerprint density at radius 3 is 2.03 bits per heavy atom. The molecule has 0 radical (unpaired) electrons. The van der Waals surface area contributed by atoms with Crippen LogP contribution in [0.3, 0.4) is 0 Å². The summed E-state index contributed by atoms with van der Waals surface area (Å²) >= 11 is 0. The van der Waals surface area contributed by atoms with Gasteiger partial charge in [0.2, 0.25) is 0 Å². The fourth-order valence-electron chi connectivity index (χ4n) is 4.51. The molecule has 2 unspecified atom stereocenters. The predicted molar refractivity (Wildman–Crippen MR) is 135 cm³/mol. The lowest BCUT2D eigenvalue weighted by Gasteiger charge is -2.20. The van der Waals surface area contributed by atoms with Crippen LogP contribution < -0.4 is 0 Å². The lowest BCUT2D eigenvalue weighted by atomic mass is 9.85. The van der Waals surface area contributed by atoms with Crippen LogP contribution in [0.4, 0.5) is 0 Å². The smallest absolute Gasteiger partial charge is 0.0162 e. The van der Waals surface area contributed by atoms with E-state index >= 15 is 0 Å². The van der Waals surface area contributed by atoms with Crippen molar-refractivity contribution in [3.63, 3.8) is 0 Å². The molecule has 0 spiro atoms. The third-order valence-corrected chi connectivity index (χ3v) is 6.91. The number of allylic oxidation sites excluding steroid dienone is 1. The highest BCUT2D eigenvalue weighted by Crippen LogP contribution is 2.31. The van der Waals surface area contributed by atoms with Gasteiger partial charge in [-0.25, -0.2) is 0 Å². The van der Waals surface area contributed by atoms with E-state index in [0.29, 0.717) is 5.92 Å². The van der Waals surface area contributed by atoms with Gasteiger partial charge in [-0.2, -0.15) is 0 Å². The SMILES string of the molecule is C=C(c1ccc(C)c(C)c1)C(CCC)CCCCCC(C)Cc1ccc(C)c(C)c1. The molecule has 0 heterocycles. The Hall–Kier alpha value is -1.82. The zero-order chi connectivity index (χ0) is 22.1. The zero-order valence-electron chi connectivity index (χ0n) is 20.5. The van der Waals surface area contributed by atoms with Crippen LogP contribution in [-0.2, 0) is 6.42 Å². The largest absolute Gasteiger partial charge is 0.0950 e. The number of unbranched alkanes of at least 4 members (excludes halogenated alkanes) is 2. The Morgan fingerprint density at radius 1 is 0.767 bits per heavy atom. The molecule has 0 N–H and O–H groups in total. The fraction of sp³-hybridized carbons (Fsp3) is 0.533. The van der Waals surface area contributed by atoms with Crippen molar-refractivity contribution in [3.8, 4) is 0 Å². The van der Waals surface area contributed by atoms with E-state index in [-0.39, 0.29) is 0 Å². The molecule has 0 aliphatic heterocycles. The number of rotatable bonds is 12. The standard InChI is InChI=1S/C30H44/c1-8-12-29(27(7)30-18-16-24(4)26(6)21-30)14-11-9-10-13-22(2)19-28-17-15-23(3)25(5)20-28/h15-18,20-22,29H,7-14,19H2,1-6H3. The monoisotopic (exact) mass is 404 g/mol. The molecule has 0 aliphatic rings. The van der Waals surface area contributed by atoms with Gasteiger partial charge in [0.05, 0.1) is 0 Å². The van der Waals surface area contributed by atoms with Crippen LogP contribution in [0.5, 0.6) is 0 Å². The molecule has 2 rings (SSSR count). The van der Waals surface area contributed by atoms with Crippen molar-refractivity contribution in [1.82, 2.24) is 0 Å². The molecule has 0 fully saturated rings. The number of hydrogen-bond acceptors (Lipinski definition) is 0. The molecule has 0 saturated carbocycles. The maximum absolute atomic E-state index is 4.50. The summed E-state index contributed by atoms with van der Waals surface area (Å²) in [6.07, 6.45) is 10.3. The van der Waals surface area contributed by atoms with E-state index in [9.17, 15) is 0 Å². The number of benzene rings is 2. The highest BCUT2D eigenvalue weighted by atomic mass is 14.2.